The van der Waals surface area contributed by atoms with E-state index < -0.39 is 0 Å². The third-order valence-electron chi connectivity index (χ3n) is 2.19. The van der Waals surface area contributed by atoms with Gasteiger partial charge in [-0.2, -0.15) is 0 Å². The maximum absolute atomic E-state index is 5.46. The number of ether oxygens (including phenoxy) is 1. The molecular weight excluding hydrogens is 182 g/mol. The molecule has 0 aliphatic carbocycles. The minimum atomic E-state index is -0.144. The Hall–Kier alpha value is -1.53. The minimum absolute atomic E-state index is 0.144. The van der Waals surface area contributed by atoms with Crippen molar-refractivity contribution in [1.29, 1.82) is 0 Å². The van der Waals surface area contributed by atoms with Crippen LogP contribution in [0.2, 0.25) is 0 Å². The van der Waals surface area contributed by atoms with E-state index in [0.717, 1.165) is 24.3 Å². The Morgan fingerprint density at radius 2 is 2.50 bits per heavy atom. The van der Waals surface area contributed by atoms with Crippen molar-refractivity contribution in [2.24, 2.45) is 0 Å². The van der Waals surface area contributed by atoms with Crippen LogP contribution in [0, 0.1) is 0 Å². The molecule has 0 aromatic carbocycles. The van der Waals surface area contributed by atoms with Crippen molar-refractivity contribution in [2.45, 2.75) is 6.35 Å². The molecular formula is C8H9N5O. The predicted octanol–water partition coefficient (Wildman–Crippen LogP) is -0.0978. The minimum Gasteiger partial charge on any atom is -0.343 e. The summed E-state index contributed by atoms with van der Waals surface area (Å²) in [5.41, 5.74) is 1.57. The number of nitrogens with zero attached hydrogens (tertiary/aromatic N) is 4. The van der Waals surface area contributed by atoms with Crippen molar-refractivity contribution >= 4 is 11.2 Å². The Kier molecular flexibility index (Phi) is 1.68. The molecule has 3 rings (SSSR count). The smallest absolute Gasteiger partial charge is 0.192 e. The van der Waals surface area contributed by atoms with Gasteiger partial charge in [-0.3, -0.25) is 9.88 Å². The molecule has 3 heterocycles. The molecule has 1 fully saturated rings. The van der Waals surface area contributed by atoms with E-state index in [-0.39, 0.29) is 6.35 Å². The summed E-state index contributed by atoms with van der Waals surface area (Å²) in [7, 11) is 0. The van der Waals surface area contributed by atoms with E-state index in [4.69, 9.17) is 4.74 Å². The van der Waals surface area contributed by atoms with Gasteiger partial charge in [0.05, 0.1) is 12.8 Å². The second-order valence-corrected chi connectivity index (χ2v) is 3.06. The Labute approximate surface area is 79.9 Å². The zero-order chi connectivity index (χ0) is 9.38. The number of rotatable bonds is 1. The van der Waals surface area contributed by atoms with Gasteiger partial charge in [0, 0.05) is 6.54 Å². The summed E-state index contributed by atoms with van der Waals surface area (Å²) >= 11 is 0. The lowest BCUT2D eigenvalue weighted by Crippen LogP contribution is -2.20. The molecule has 6 nitrogen and oxygen atoms in total. The van der Waals surface area contributed by atoms with E-state index >= 15 is 0 Å². The molecule has 1 saturated heterocycles. The molecule has 0 amide bonds. The lowest BCUT2D eigenvalue weighted by atomic mass is 10.5. The zero-order valence-electron chi connectivity index (χ0n) is 7.42. The second kappa shape index (κ2) is 3.00. The topological polar surface area (TPSA) is 64.9 Å². The van der Waals surface area contributed by atoms with Crippen LogP contribution in [0.4, 0.5) is 0 Å². The van der Waals surface area contributed by atoms with Gasteiger partial charge in [-0.15, -0.1) is 0 Å². The Morgan fingerprint density at radius 1 is 1.50 bits per heavy atom. The molecule has 2 aromatic heterocycles. The fourth-order valence-corrected chi connectivity index (χ4v) is 1.55. The third kappa shape index (κ3) is 1.08. The number of fused-ring (bicyclic) bond motifs is 1. The van der Waals surface area contributed by atoms with E-state index in [2.05, 4.69) is 20.3 Å². The molecule has 14 heavy (non-hydrogen) atoms. The predicted molar refractivity (Wildman–Crippen MR) is 48.3 cm³/mol. The molecule has 1 unspecified atom stereocenters. The quantitative estimate of drug-likeness (QED) is 0.682. The van der Waals surface area contributed by atoms with Gasteiger partial charge in [0.15, 0.2) is 12.0 Å². The highest BCUT2D eigenvalue weighted by molar-refractivity contribution is 5.68. The van der Waals surface area contributed by atoms with E-state index in [1.807, 2.05) is 4.57 Å². The molecule has 1 aliphatic rings. The molecule has 1 aliphatic heterocycles. The number of hydrogen-bond acceptors (Lipinski definition) is 5. The van der Waals surface area contributed by atoms with Crippen molar-refractivity contribution in [1.82, 2.24) is 24.8 Å². The molecule has 1 atom stereocenters. The van der Waals surface area contributed by atoms with Gasteiger partial charge in [0.2, 0.25) is 0 Å². The van der Waals surface area contributed by atoms with Crippen LogP contribution in [-0.4, -0.2) is 32.7 Å². The van der Waals surface area contributed by atoms with Crippen molar-refractivity contribution in [2.75, 3.05) is 13.2 Å². The third-order valence-corrected chi connectivity index (χ3v) is 2.19. The molecule has 0 saturated carbocycles. The zero-order valence-corrected chi connectivity index (χ0v) is 7.42. The monoisotopic (exact) mass is 191 g/mol. The van der Waals surface area contributed by atoms with Crippen LogP contribution in [0.25, 0.3) is 11.2 Å². The lowest BCUT2D eigenvalue weighted by molar-refractivity contribution is 0.0471. The van der Waals surface area contributed by atoms with Crippen LogP contribution in [-0.2, 0) is 4.74 Å². The summed E-state index contributed by atoms with van der Waals surface area (Å²) in [6.07, 6.45) is 4.76. The first-order chi connectivity index (χ1) is 6.95. The molecule has 1 N–H and O–H groups in total. The highest BCUT2D eigenvalue weighted by Gasteiger charge is 2.18. The summed E-state index contributed by atoms with van der Waals surface area (Å²) in [4.78, 5) is 12.2. The summed E-state index contributed by atoms with van der Waals surface area (Å²) in [5.74, 6) is 0. The first-order valence-electron chi connectivity index (χ1n) is 4.43. The van der Waals surface area contributed by atoms with Crippen LogP contribution in [0.5, 0.6) is 0 Å². The number of imidazole rings is 1. The van der Waals surface area contributed by atoms with E-state index in [0.29, 0.717) is 0 Å². The fourth-order valence-electron chi connectivity index (χ4n) is 1.55. The van der Waals surface area contributed by atoms with Crippen molar-refractivity contribution in [3.05, 3.63) is 18.9 Å². The highest BCUT2D eigenvalue weighted by atomic mass is 16.5. The number of nitrogens with one attached hydrogen (secondary N) is 1. The first kappa shape index (κ1) is 7.84. The van der Waals surface area contributed by atoms with Gasteiger partial charge in [-0.1, -0.05) is 0 Å². The largest absolute Gasteiger partial charge is 0.343 e. The van der Waals surface area contributed by atoms with Gasteiger partial charge in [0.1, 0.15) is 18.2 Å². The molecule has 72 valence electrons. The highest BCUT2D eigenvalue weighted by Crippen LogP contribution is 2.15. The van der Waals surface area contributed by atoms with Crippen LogP contribution in [0.15, 0.2) is 18.9 Å². The Morgan fingerprint density at radius 3 is 3.36 bits per heavy atom. The van der Waals surface area contributed by atoms with Gasteiger partial charge in [-0.25, -0.2) is 15.0 Å². The van der Waals surface area contributed by atoms with Crippen LogP contribution in [0.1, 0.15) is 6.35 Å². The average molecular weight is 191 g/mol. The molecule has 0 bridgehead atoms. The molecule has 0 spiro atoms. The summed E-state index contributed by atoms with van der Waals surface area (Å²) in [6.45, 7) is 1.57. The maximum Gasteiger partial charge on any atom is 0.192 e. The SMILES string of the molecule is c1ncc2ncn(C3NCCO3)c2n1. The van der Waals surface area contributed by atoms with Crippen LogP contribution in [0.3, 0.4) is 0 Å². The van der Waals surface area contributed by atoms with Gasteiger partial charge >= 0.3 is 0 Å². The van der Waals surface area contributed by atoms with Crippen LogP contribution >= 0.6 is 0 Å². The first-order valence-corrected chi connectivity index (χ1v) is 4.43. The van der Waals surface area contributed by atoms with Crippen LogP contribution < -0.4 is 5.32 Å². The Bertz CT molecular complexity index is 448. The standard InChI is InChI=1S/C8H9N5O/c1-2-14-8(10-1)13-5-12-6-3-9-4-11-7(6)13/h3-5,8,10H,1-2H2. The number of aromatic nitrogens is 4. The number of hydrogen-bond donors (Lipinski definition) is 1. The van der Waals surface area contributed by atoms with Gasteiger partial charge in [0.25, 0.3) is 0 Å². The summed E-state index contributed by atoms with van der Waals surface area (Å²) in [6, 6.07) is 0. The van der Waals surface area contributed by atoms with Gasteiger partial charge in [-0.05, 0) is 0 Å². The van der Waals surface area contributed by atoms with Crippen molar-refractivity contribution < 1.29 is 4.74 Å². The van der Waals surface area contributed by atoms with E-state index in [9.17, 15) is 0 Å². The maximum atomic E-state index is 5.46. The fraction of sp³-hybridized carbons (Fsp3) is 0.375. The Balaban J connectivity index is 2.11. The lowest BCUT2D eigenvalue weighted by Gasteiger charge is -2.10. The average Bonchev–Trinajstić information content (AvgIpc) is 2.85. The van der Waals surface area contributed by atoms with Gasteiger partial charge < -0.3 is 4.74 Å². The molecule has 6 heteroatoms. The van der Waals surface area contributed by atoms with Crippen molar-refractivity contribution in [3.63, 3.8) is 0 Å². The molecule has 2 aromatic rings. The van der Waals surface area contributed by atoms with E-state index in [1.165, 1.54) is 6.33 Å². The second-order valence-electron chi connectivity index (χ2n) is 3.06. The van der Waals surface area contributed by atoms with Crippen molar-refractivity contribution in [3.8, 4) is 0 Å². The van der Waals surface area contributed by atoms with E-state index in [1.54, 1.807) is 12.5 Å². The molecule has 0 radical (unpaired) electrons. The summed E-state index contributed by atoms with van der Waals surface area (Å²) < 4.78 is 7.32. The summed E-state index contributed by atoms with van der Waals surface area (Å²) in [5, 5.41) is 3.19. The normalized spacial score (nSPS) is 21.9.